The van der Waals surface area contributed by atoms with Crippen molar-refractivity contribution in [2.24, 2.45) is 0 Å². The summed E-state index contributed by atoms with van der Waals surface area (Å²) in [5.41, 5.74) is 1.33. The summed E-state index contributed by atoms with van der Waals surface area (Å²) in [5.74, 6) is 0.539. The molecule has 0 saturated carbocycles. The first-order chi connectivity index (χ1) is 14.9. The summed E-state index contributed by atoms with van der Waals surface area (Å²) < 4.78 is 43.1. The number of allylic oxidation sites excluding steroid dienone is 1. The summed E-state index contributed by atoms with van der Waals surface area (Å²) in [6.45, 7) is 3.02. The van der Waals surface area contributed by atoms with Crippen LogP contribution in [0.15, 0.2) is 53.4 Å². The van der Waals surface area contributed by atoms with Crippen molar-refractivity contribution in [2.75, 3.05) is 45.3 Å². The highest BCUT2D eigenvalue weighted by molar-refractivity contribution is 7.89. The lowest BCUT2D eigenvalue weighted by Crippen LogP contribution is -2.40. The number of nitrogens with zero attached hydrogens (tertiary/aromatic N) is 1. The van der Waals surface area contributed by atoms with Crippen LogP contribution < -0.4 is 14.8 Å². The van der Waals surface area contributed by atoms with Crippen LogP contribution in [-0.2, 0) is 19.6 Å². The summed E-state index contributed by atoms with van der Waals surface area (Å²) >= 11 is 0. The van der Waals surface area contributed by atoms with Crippen LogP contribution in [0.2, 0.25) is 0 Å². The minimum absolute atomic E-state index is 0.120. The van der Waals surface area contributed by atoms with E-state index in [2.05, 4.69) is 5.32 Å². The van der Waals surface area contributed by atoms with Crippen molar-refractivity contribution in [3.8, 4) is 11.5 Å². The van der Waals surface area contributed by atoms with Gasteiger partial charge in [-0.25, -0.2) is 8.42 Å². The third-order valence-electron chi connectivity index (χ3n) is 4.63. The number of hydrogen-bond acceptors (Lipinski definition) is 6. The highest BCUT2D eigenvalue weighted by Crippen LogP contribution is 2.28. The number of benzene rings is 2. The number of carbonyl (C=O) groups is 1. The van der Waals surface area contributed by atoms with Crippen molar-refractivity contribution in [1.82, 2.24) is 4.31 Å². The molecule has 1 fully saturated rings. The van der Waals surface area contributed by atoms with Crippen LogP contribution in [0, 0.1) is 0 Å². The summed E-state index contributed by atoms with van der Waals surface area (Å²) in [4.78, 5) is 12.5. The van der Waals surface area contributed by atoms with Crippen LogP contribution in [0.4, 0.5) is 5.69 Å². The average molecular weight is 447 g/mol. The molecule has 31 heavy (non-hydrogen) atoms. The normalized spacial score (nSPS) is 15.0. The van der Waals surface area contributed by atoms with Crippen molar-refractivity contribution in [3.63, 3.8) is 0 Å². The number of rotatable bonds is 8. The molecule has 1 aliphatic heterocycles. The number of carbonyl (C=O) groups excluding carboxylic acids is 1. The van der Waals surface area contributed by atoms with E-state index in [-0.39, 0.29) is 11.5 Å². The molecule has 0 unspecified atom stereocenters. The van der Waals surface area contributed by atoms with E-state index in [9.17, 15) is 13.2 Å². The van der Waals surface area contributed by atoms with Crippen LogP contribution in [0.5, 0.6) is 11.5 Å². The number of nitrogens with one attached hydrogen (secondary N) is 1. The Balaban J connectivity index is 1.64. The SMILES string of the molecule is CC=Cc1ccc(OCC(=O)Nc2cccc(S(=O)(=O)N3CCOCC3)c2)c(OC)c1. The fraction of sp³-hybridized carbons (Fsp3) is 0.318. The lowest BCUT2D eigenvalue weighted by molar-refractivity contribution is -0.118. The summed E-state index contributed by atoms with van der Waals surface area (Å²) in [6, 6.07) is 11.6. The van der Waals surface area contributed by atoms with E-state index in [1.54, 1.807) is 18.2 Å². The summed E-state index contributed by atoms with van der Waals surface area (Å²) in [6.07, 6.45) is 3.84. The van der Waals surface area contributed by atoms with E-state index in [0.29, 0.717) is 43.5 Å². The Morgan fingerprint density at radius 1 is 1.16 bits per heavy atom. The molecule has 1 heterocycles. The first-order valence-electron chi connectivity index (χ1n) is 9.85. The van der Waals surface area contributed by atoms with Gasteiger partial charge in [0, 0.05) is 18.8 Å². The van der Waals surface area contributed by atoms with E-state index in [4.69, 9.17) is 14.2 Å². The molecule has 2 aromatic carbocycles. The number of amides is 1. The van der Waals surface area contributed by atoms with Crippen LogP contribution >= 0.6 is 0 Å². The van der Waals surface area contributed by atoms with Crippen LogP contribution in [0.25, 0.3) is 6.08 Å². The van der Waals surface area contributed by atoms with Gasteiger partial charge in [0.15, 0.2) is 18.1 Å². The molecule has 9 heteroatoms. The van der Waals surface area contributed by atoms with Crippen molar-refractivity contribution in [1.29, 1.82) is 0 Å². The second-order valence-electron chi connectivity index (χ2n) is 6.79. The number of hydrogen-bond donors (Lipinski definition) is 1. The molecule has 0 bridgehead atoms. The van der Waals surface area contributed by atoms with Gasteiger partial charge in [-0.3, -0.25) is 4.79 Å². The lowest BCUT2D eigenvalue weighted by atomic mass is 10.2. The molecule has 0 aromatic heterocycles. The number of ether oxygens (including phenoxy) is 3. The maximum Gasteiger partial charge on any atom is 0.262 e. The summed E-state index contributed by atoms with van der Waals surface area (Å²) in [5, 5.41) is 2.67. The molecule has 8 nitrogen and oxygen atoms in total. The Hall–Kier alpha value is -2.88. The van der Waals surface area contributed by atoms with Crippen LogP contribution in [0.1, 0.15) is 12.5 Å². The standard InChI is InChI=1S/C22H26N2O6S/c1-3-5-17-8-9-20(21(14-17)28-2)30-16-22(25)23-18-6-4-7-19(15-18)31(26,27)24-10-12-29-13-11-24/h3-9,14-15H,10-13,16H2,1-2H3,(H,23,25). The highest BCUT2D eigenvalue weighted by atomic mass is 32.2. The monoisotopic (exact) mass is 446 g/mol. The Morgan fingerprint density at radius 3 is 2.65 bits per heavy atom. The van der Waals surface area contributed by atoms with Gasteiger partial charge in [0.2, 0.25) is 10.0 Å². The molecular weight excluding hydrogens is 420 g/mol. The fourth-order valence-corrected chi connectivity index (χ4v) is 4.56. The lowest BCUT2D eigenvalue weighted by Gasteiger charge is -2.26. The summed E-state index contributed by atoms with van der Waals surface area (Å²) in [7, 11) is -2.11. The van der Waals surface area contributed by atoms with Crippen LogP contribution in [-0.4, -0.2) is 58.7 Å². The zero-order valence-corrected chi connectivity index (χ0v) is 18.4. The molecule has 1 aliphatic rings. The van der Waals surface area contributed by atoms with Gasteiger partial charge < -0.3 is 19.5 Å². The number of morpholine rings is 1. The first kappa shape index (κ1) is 22.8. The van der Waals surface area contributed by atoms with Crippen molar-refractivity contribution < 1.29 is 27.4 Å². The van der Waals surface area contributed by atoms with Gasteiger partial charge in [-0.15, -0.1) is 0 Å². The maximum absolute atomic E-state index is 12.8. The van der Waals surface area contributed by atoms with Crippen LogP contribution in [0.3, 0.4) is 0 Å². The van der Waals surface area contributed by atoms with Crippen molar-refractivity contribution in [3.05, 3.63) is 54.1 Å². The Bertz CT molecular complexity index is 1050. The van der Waals surface area contributed by atoms with E-state index < -0.39 is 15.9 Å². The number of anilines is 1. The maximum atomic E-state index is 12.8. The third-order valence-corrected chi connectivity index (χ3v) is 6.53. The van der Waals surface area contributed by atoms with Gasteiger partial charge in [-0.2, -0.15) is 4.31 Å². The van der Waals surface area contributed by atoms with Gasteiger partial charge >= 0.3 is 0 Å². The molecule has 2 aromatic rings. The predicted octanol–water partition coefficient (Wildman–Crippen LogP) is 2.77. The van der Waals surface area contributed by atoms with E-state index in [1.165, 1.54) is 23.5 Å². The number of sulfonamides is 1. The first-order valence-corrected chi connectivity index (χ1v) is 11.3. The van der Waals surface area contributed by atoms with E-state index in [1.807, 2.05) is 31.2 Å². The predicted molar refractivity (Wildman–Crippen MR) is 118 cm³/mol. The zero-order valence-electron chi connectivity index (χ0n) is 17.5. The second kappa shape index (κ2) is 10.4. The zero-order chi connectivity index (χ0) is 22.3. The second-order valence-corrected chi connectivity index (χ2v) is 8.73. The molecule has 166 valence electrons. The highest BCUT2D eigenvalue weighted by Gasteiger charge is 2.26. The minimum Gasteiger partial charge on any atom is -0.493 e. The fourth-order valence-electron chi connectivity index (χ4n) is 3.11. The molecular formula is C22H26N2O6S. The smallest absolute Gasteiger partial charge is 0.262 e. The van der Waals surface area contributed by atoms with Gasteiger partial charge in [0.1, 0.15) is 0 Å². The van der Waals surface area contributed by atoms with Gasteiger partial charge in [0.05, 0.1) is 25.2 Å². The Morgan fingerprint density at radius 2 is 1.94 bits per heavy atom. The average Bonchev–Trinajstić information content (AvgIpc) is 2.79. The Labute approximate surface area is 182 Å². The topological polar surface area (TPSA) is 94.2 Å². The molecule has 1 saturated heterocycles. The third kappa shape index (κ3) is 5.84. The Kier molecular flexibility index (Phi) is 7.67. The molecule has 0 spiro atoms. The van der Waals surface area contributed by atoms with Crippen molar-refractivity contribution >= 4 is 27.7 Å². The molecule has 3 rings (SSSR count). The van der Waals surface area contributed by atoms with Crippen molar-refractivity contribution in [2.45, 2.75) is 11.8 Å². The minimum atomic E-state index is -3.64. The molecule has 0 aliphatic carbocycles. The quantitative estimate of drug-likeness (QED) is 0.670. The van der Waals surface area contributed by atoms with E-state index >= 15 is 0 Å². The van der Waals surface area contributed by atoms with Gasteiger partial charge in [-0.1, -0.05) is 24.3 Å². The molecule has 0 atom stereocenters. The molecule has 1 amide bonds. The number of methoxy groups -OCH3 is 1. The molecule has 0 radical (unpaired) electrons. The van der Waals surface area contributed by atoms with Gasteiger partial charge in [-0.05, 0) is 42.8 Å². The largest absolute Gasteiger partial charge is 0.493 e. The van der Waals surface area contributed by atoms with E-state index in [0.717, 1.165) is 5.56 Å². The van der Waals surface area contributed by atoms with Gasteiger partial charge in [0.25, 0.3) is 5.91 Å². The molecule has 1 N–H and O–H groups in total.